The molecule has 1 atom stereocenters. The van der Waals surface area contributed by atoms with Gasteiger partial charge < -0.3 is 25.4 Å². The summed E-state index contributed by atoms with van der Waals surface area (Å²) in [6.45, 7) is 12.8. The first kappa shape index (κ1) is 21.5. The molecule has 0 heterocycles. The molecule has 3 N–H and O–H groups in total. The maximum Gasteiger partial charge on any atom is 0.410 e. The van der Waals surface area contributed by atoms with Crippen LogP contribution in [0.4, 0.5) is 4.79 Å². The van der Waals surface area contributed by atoms with Gasteiger partial charge in [-0.05, 0) is 40.0 Å². The number of ether oxygens (including phenoxy) is 2. The Balaban J connectivity index is 4.01. The number of carbonyl (C=O) groups excluding carboxylic acids is 1. The van der Waals surface area contributed by atoms with Gasteiger partial charge in [-0.15, -0.1) is 0 Å². The summed E-state index contributed by atoms with van der Waals surface area (Å²) in [6, 6.07) is 0. The molecule has 0 aromatic rings. The molecule has 7 heteroatoms. The molecule has 1 unspecified atom stereocenters. The molecule has 0 fully saturated rings. The van der Waals surface area contributed by atoms with Crippen molar-refractivity contribution in [3.8, 4) is 0 Å². The Hall–Kier alpha value is -1.50. The van der Waals surface area contributed by atoms with Crippen molar-refractivity contribution in [3.05, 3.63) is 0 Å². The minimum absolute atomic E-state index is 0.191. The van der Waals surface area contributed by atoms with Crippen LogP contribution in [0.1, 0.15) is 41.0 Å². The number of nitrogens with two attached hydrogens (primary N) is 1. The highest BCUT2D eigenvalue weighted by atomic mass is 16.6. The molecule has 0 aromatic carbocycles. The van der Waals surface area contributed by atoms with E-state index in [9.17, 15) is 4.79 Å². The Morgan fingerprint density at radius 1 is 1.39 bits per heavy atom. The number of hydrogen-bond donors (Lipinski definition) is 2. The fraction of sp³-hybridized carbons (Fsp3) is 0.875. The van der Waals surface area contributed by atoms with Gasteiger partial charge in [-0.3, -0.25) is 4.99 Å². The van der Waals surface area contributed by atoms with E-state index in [1.165, 1.54) is 0 Å². The molecule has 0 spiro atoms. The summed E-state index contributed by atoms with van der Waals surface area (Å²) in [5, 5.41) is 3.05. The second kappa shape index (κ2) is 11.1. The summed E-state index contributed by atoms with van der Waals surface area (Å²) in [5.41, 5.74) is 5.32. The molecule has 0 aromatic heterocycles. The molecule has 0 rings (SSSR count). The lowest BCUT2D eigenvalue weighted by molar-refractivity contribution is 0.0279. The number of carbonyl (C=O) groups is 1. The van der Waals surface area contributed by atoms with Gasteiger partial charge in [0.2, 0.25) is 0 Å². The smallest absolute Gasteiger partial charge is 0.410 e. The fourth-order valence-corrected chi connectivity index (χ4v) is 1.78. The predicted molar refractivity (Wildman–Crippen MR) is 93.6 cm³/mol. The van der Waals surface area contributed by atoms with Gasteiger partial charge in [0.1, 0.15) is 5.60 Å². The van der Waals surface area contributed by atoms with E-state index in [4.69, 9.17) is 15.2 Å². The van der Waals surface area contributed by atoms with Crippen molar-refractivity contribution in [1.82, 2.24) is 10.2 Å². The molecule has 136 valence electrons. The van der Waals surface area contributed by atoms with Crippen LogP contribution < -0.4 is 11.1 Å². The van der Waals surface area contributed by atoms with Gasteiger partial charge in [0.25, 0.3) is 0 Å². The highest BCUT2D eigenvalue weighted by Crippen LogP contribution is 2.10. The first-order chi connectivity index (χ1) is 10.7. The third-order valence-corrected chi connectivity index (χ3v) is 2.84. The van der Waals surface area contributed by atoms with Crippen LogP contribution in [0.15, 0.2) is 4.99 Å². The molecule has 0 bridgehead atoms. The lowest BCUT2D eigenvalue weighted by atomic mass is 10.2. The van der Waals surface area contributed by atoms with Crippen molar-refractivity contribution in [2.75, 3.05) is 39.9 Å². The van der Waals surface area contributed by atoms with Crippen LogP contribution >= 0.6 is 0 Å². The van der Waals surface area contributed by atoms with Gasteiger partial charge in [0, 0.05) is 39.9 Å². The minimum atomic E-state index is -0.484. The van der Waals surface area contributed by atoms with E-state index in [1.807, 2.05) is 34.6 Å². The summed E-state index contributed by atoms with van der Waals surface area (Å²) in [5.74, 6) is 0.615. The zero-order chi connectivity index (χ0) is 17.9. The molecule has 1 amide bonds. The zero-order valence-electron chi connectivity index (χ0n) is 15.5. The van der Waals surface area contributed by atoms with Gasteiger partial charge in [-0.2, -0.15) is 0 Å². The standard InChI is InChI=1S/C16H34N4O3/c1-7-22-10-8-9-18-14(17)19-11-13(2)12-20(6)15(21)23-16(3,4)5/h13H,7-12H2,1-6H3,(H3,17,18,19). The second-order valence-electron chi connectivity index (χ2n) is 6.67. The van der Waals surface area contributed by atoms with Gasteiger partial charge >= 0.3 is 6.09 Å². The molecule has 0 aliphatic heterocycles. The number of guanidine groups is 1. The number of aliphatic imine (C=N–C) groups is 1. The Morgan fingerprint density at radius 2 is 2.04 bits per heavy atom. The Morgan fingerprint density at radius 3 is 2.61 bits per heavy atom. The quantitative estimate of drug-likeness (QED) is 0.382. The average Bonchev–Trinajstić information content (AvgIpc) is 2.43. The van der Waals surface area contributed by atoms with Crippen molar-refractivity contribution in [3.63, 3.8) is 0 Å². The van der Waals surface area contributed by atoms with Crippen molar-refractivity contribution >= 4 is 12.1 Å². The average molecular weight is 330 g/mol. The molecule has 0 aliphatic carbocycles. The van der Waals surface area contributed by atoms with Gasteiger partial charge in [0.15, 0.2) is 5.96 Å². The second-order valence-corrected chi connectivity index (χ2v) is 6.67. The highest BCUT2D eigenvalue weighted by molar-refractivity contribution is 5.77. The summed E-state index contributed by atoms with van der Waals surface area (Å²) >= 11 is 0. The van der Waals surface area contributed by atoms with Crippen LogP contribution in [-0.2, 0) is 9.47 Å². The first-order valence-corrected chi connectivity index (χ1v) is 8.21. The van der Waals surface area contributed by atoms with Crippen LogP contribution in [-0.4, -0.2) is 62.4 Å². The topological polar surface area (TPSA) is 89.2 Å². The number of nitrogens with zero attached hydrogens (tertiary/aromatic N) is 2. The monoisotopic (exact) mass is 330 g/mol. The molecular formula is C16H34N4O3. The maximum absolute atomic E-state index is 11.9. The van der Waals surface area contributed by atoms with Crippen molar-refractivity contribution in [2.45, 2.75) is 46.6 Å². The molecule has 7 nitrogen and oxygen atoms in total. The molecular weight excluding hydrogens is 296 g/mol. The van der Waals surface area contributed by atoms with Crippen molar-refractivity contribution in [1.29, 1.82) is 0 Å². The fourth-order valence-electron chi connectivity index (χ4n) is 1.78. The van der Waals surface area contributed by atoms with Crippen LogP contribution in [0.2, 0.25) is 0 Å². The minimum Gasteiger partial charge on any atom is -0.444 e. The lowest BCUT2D eigenvalue weighted by Crippen LogP contribution is -2.37. The molecule has 0 radical (unpaired) electrons. The summed E-state index contributed by atoms with van der Waals surface area (Å²) in [4.78, 5) is 17.7. The van der Waals surface area contributed by atoms with Crippen LogP contribution in [0.5, 0.6) is 0 Å². The van der Waals surface area contributed by atoms with E-state index in [0.717, 1.165) is 19.6 Å². The zero-order valence-corrected chi connectivity index (χ0v) is 15.5. The molecule has 0 saturated heterocycles. The predicted octanol–water partition coefficient (Wildman–Crippen LogP) is 1.82. The SMILES string of the molecule is CCOCCCNC(N)=NCC(C)CN(C)C(=O)OC(C)(C)C. The number of nitrogens with one attached hydrogen (secondary N) is 1. The summed E-state index contributed by atoms with van der Waals surface area (Å²) < 4.78 is 10.6. The van der Waals surface area contributed by atoms with Crippen LogP contribution in [0.25, 0.3) is 0 Å². The van der Waals surface area contributed by atoms with Gasteiger partial charge in [0.05, 0.1) is 0 Å². The third-order valence-electron chi connectivity index (χ3n) is 2.84. The number of rotatable bonds is 9. The van der Waals surface area contributed by atoms with Crippen molar-refractivity contribution in [2.24, 2.45) is 16.6 Å². The Bertz CT molecular complexity index is 367. The number of hydrogen-bond acceptors (Lipinski definition) is 4. The van der Waals surface area contributed by atoms with Gasteiger partial charge in [-0.25, -0.2) is 4.79 Å². The molecule has 23 heavy (non-hydrogen) atoms. The van der Waals surface area contributed by atoms with E-state index in [-0.39, 0.29) is 12.0 Å². The number of amides is 1. The summed E-state index contributed by atoms with van der Waals surface area (Å²) in [6.07, 6.45) is 0.566. The largest absolute Gasteiger partial charge is 0.444 e. The van der Waals surface area contributed by atoms with Gasteiger partial charge in [-0.1, -0.05) is 6.92 Å². The van der Waals surface area contributed by atoms with Crippen LogP contribution in [0, 0.1) is 5.92 Å². The maximum atomic E-state index is 11.9. The Kier molecular flexibility index (Phi) is 10.4. The Labute approximate surface area is 140 Å². The van der Waals surface area contributed by atoms with Crippen molar-refractivity contribution < 1.29 is 14.3 Å². The van der Waals surface area contributed by atoms with E-state index < -0.39 is 5.60 Å². The summed E-state index contributed by atoms with van der Waals surface area (Å²) in [7, 11) is 1.73. The van der Waals surface area contributed by atoms with E-state index in [0.29, 0.717) is 25.7 Å². The normalized spacial score (nSPS) is 13.6. The van der Waals surface area contributed by atoms with E-state index in [1.54, 1.807) is 11.9 Å². The molecule has 0 saturated carbocycles. The van der Waals surface area contributed by atoms with Crippen LogP contribution in [0.3, 0.4) is 0 Å². The highest BCUT2D eigenvalue weighted by Gasteiger charge is 2.20. The lowest BCUT2D eigenvalue weighted by Gasteiger charge is -2.26. The first-order valence-electron chi connectivity index (χ1n) is 8.21. The third kappa shape index (κ3) is 12.7. The van der Waals surface area contributed by atoms with E-state index in [2.05, 4.69) is 10.3 Å². The van der Waals surface area contributed by atoms with E-state index >= 15 is 0 Å². The molecule has 0 aliphatic rings.